The second kappa shape index (κ2) is 56.7. The molecule has 124 heavy (non-hydrogen) atoms. The molecule has 692 valence electrons. The SMILES string of the molecule is CC(=O)N(CC(O)CN(C(C)=O)c1c(I)c(C(=O)NCC(O)CO)c(I)c(C(=O)NCC(O)CO)c1I)c1c(I)c(C(=O)NCC(O)CO)c(I)c(C(=O)NCC(O)CO)c1I.CC(=O)N(CC(O)CN(C(C)=O)c1c(I)c(C(=O)NCC(O)CO)c(I)c(C(=O)NCC(O)CO)c1I)c1c(I)c(C(=O)NCC(O)CO)c(I)c(C(=O)NCC(O)CO)c1I. The summed E-state index contributed by atoms with van der Waals surface area (Å²) in [6.07, 6.45) is -13.9. The molecular formula is C70H88I12N12O30. The predicted octanol–water partition coefficient (Wildman–Crippen LogP) is -3.17. The molecule has 0 radical (unpaired) electrons. The van der Waals surface area contributed by atoms with Gasteiger partial charge in [-0.3, -0.25) is 57.5 Å². The molecule has 8 atom stereocenters. The summed E-state index contributed by atoms with van der Waals surface area (Å²) in [6.45, 7) is -6.18. The Balaban J connectivity index is 0.000000640. The fraction of sp³-hybridized carbons (Fsp3) is 0.486. The van der Waals surface area contributed by atoms with Crippen molar-refractivity contribution in [2.24, 2.45) is 0 Å². The van der Waals surface area contributed by atoms with Crippen molar-refractivity contribution < 1.29 is 149 Å². The molecule has 0 aliphatic carbocycles. The standard InChI is InChI=1S/2C35H44I6N6O15/c2*1-13(52)46(30-26(38)20(32(59)42-3-15(54)9-48)24(36)21(27(30)39)33(60)43-4-16(55)10-49)7-19(58)8-47(14(2)53)31-28(40)22(34(61)44-5-17(56)11-50)25(37)23(29(31)41)35(62)45-6-18(57)12-51/h2*15-19,48-51,54-58H,3-12H2,1-2H3,(H,42,59)(H,43,60)(H,44,61)(H,45,62). The molecule has 4 rings (SSSR count). The van der Waals surface area contributed by atoms with E-state index < -0.39 is 211 Å². The molecule has 0 heterocycles. The molecule has 12 amide bonds. The molecule has 0 bridgehead atoms. The zero-order chi connectivity index (χ0) is 94.7. The number of carbonyl (C=O) groups is 12. The van der Waals surface area contributed by atoms with Gasteiger partial charge >= 0.3 is 0 Å². The summed E-state index contributed by atoms with van der Waals surface area (Å²) in [7, 11) is 0. The summed E-state index contributed by atoms with van der Waals surface area (Å²) in [5.41, 5.74) is -1.03. The van der Waals surface area contributed by atoms with Crippen LogP contribution in [0, 0.1) is 42.8 Å². The Bertz CT molecular complexity index is 3790. The Kier molecular flexibility index (Phi) is 53.4. The van der Waals surface area contributed by atoms with E-state index in [4.69, 9.17) is 0 Å². The van der Waals surface area contributed by atoms with Crippen molar-refractivity contribution in [3.8, 4) is 0 Å². The van der Waals surface area contributed by atoms with Crippen LogP contribution in [0.3, 0.4) is 0 Å². The molecule has 0 aliphatic heterocycles. The highest BCUT2D eigenvalue weighted by Gasteiger charge is 2.40. The van der Waals surface area contributed by atoms with Crippen molar-refractivity contribution in [3.63, 3.8) is 0 Å². The number of hydrogen-bond donors (Lipinski definition) is 26. The molecule has 0 fully saturated rings. The molecule has 0 saturated heterocycles. The number of carbonyl (C=O) groups excluding carboxylic acids is 12. The van der Waals surface area contributed by atoms with Gasteiger partial charge in [0.15, 0.2) is 0 Å². The first-order valence-electron chi connectivity index (χ1n) is 35.9. The van der Waals surface area contributed by atoms with Gasteiger partial charge in [-0.15, -0.1) is 0 Å². The number of aliphatic hydroxyl groups is 18. The number of nitrogens with zero attached hydrogens (tertiary/aromatic N) is 4. The van der Waals surface area contributed by atoms with Crippen LogP contribution in [0.4, 0.5) is 22.7 Å². The lowest BCUT2D eigenvalue weighted by atomic mass is 10.1. The summed E-state index contributed by atoms with van der Waals surface area (Å²) in [5.74, 6) is -9.20. The van der Waals surface area contributed by atoms with E-state index in [9.17, 15) is 149 Å². The van der Waals surface area contributed by atoms with Gasteiger partial charge in [0.25, 0.3) is 47.3 Å². The molecule has 42 nitrogen and oxygen atoms in total. The first-order valence-corrected chi connectivity index (χ1v) is 48.8. The zero-order valence-corrected chi connectivity index (χ0v) is 91.1. The molecule has 0 saturated carbocycles. The topological polar surface area (TPSA) is 678 Å². The summed E-state index contributed by atoms with van der Waals surface area (Å²) >= 11 is 21.3. The molecule has 0 aromatic heterocycles. The number of benzene rings is 4. The molecule has 8 unspecified atom stereocenters. The molecule has 26 N–H and O–H groups in total. The van der Waals surface area contributed by atoms with E-state index in [0.29, 0.717) is 0 Å². The van der Waals surface area contributed by atoms with Crippen molar-refractivity contribution >= 4 is 365 Å². The van der Waals surface area contributed by atoms with Crippen LogP contribution in [-0.2, 0) is 19.2 Å². The predicted molar refractivity (Wildman–Crippen MR) is 546 cm³/mol. The summed E-state index contributed by atoms with van der Waals surface area (Å²) in [4.78, 5) is 168. The first-order chi connectivity index (χ1) is 58.0. The molecule has 0 spiro atoms. The van der Waals surface area contributed by atoms with Gasteiger partial charge in [-0.2, -0.15) is 0 Å². The summed E-state index contributed by atoms with van der Waals surface area (Å²) in [6, 6.07) is 0. The van der Waals surface area contributed by atoms with Gasteiger partial charge in [-0.05, 0) is 271 Å². The molecule has 54 heteroatoms. The number of anilines is 4. The molecule has 4 aromatic carbocycles. The van der Waals surface area contributed by atoms with Crippen LogP contribution < -0.4 is 62.1 Å². The molecule has 0 aliphatic rings. The Morgan fingerprint density at radius 2 is 0.315 bits per heavy atom. The lowest BCUT2D eigenvalue weighted by Gasteiger charge is -2.32. The van der Waals surface area contributed by atoms with E-state index >= 15 is 0 Å². The number of hydrogen-bond acceptors (Lipinski definition) is 30. The summed E-state index contributed by atoms with van der Waals surface area (Å²) in [5, 5.41) is 197. The monoisotopic (exact) mass is 3100 g/mol. The maximum Gasteiger partial charge on any atom is 0.253 e. The van der Waals surface area contributed by atoms with E-state index in [1.54, 1.807) is 271 Å². The second-order valence-electron chi connectivity index (χ2n) is 26.4. The fourth-order valence-electron chi connectivity index (χ4n) is 10.5. The second-order valence-corrected chi connectivity index (χ2v) is 39.3. The number of aliphatic hydroxyl groups excluding tert-OH is 18. The van der Waals surface area contributed by atoms with Crippen molar-refractivity contribution in [1.29, 1.82) is 0 Å². The van der Waals surface area contributed by atoms with Gasteiger partial charge in [0.2, 0.25) is 23.6 Å². The van der Waals surface area contributed by atoms with Gasteiger partial charge in [0.05, 0.1) is 236 Å². The number of amides is 12. The molecule has 4 aromatic rings. The Labute approximate surface area is 871 Å². The van der Waals surface area contributed by atoms with Gasteiger partial charge in [-0.1, -0.05) is 0 Å². The number of nitrogens with one attached hydrogen (secondary N) is 8. The largest absolute Gasteiger partial charge is 0.394 e. The molecular weight excluding hydrogens is 3010 g/mol. The van der Waals surface area contributed by atoms with Gasteiger partial charge in [0, 0.05) is 94.3 Å². The van der Waals surface area contributed by atoms with Crippen LogP contribution in [0.1, 0.15) is 111 Å². The minimum Gasteiger partial charge on any atom is -0.394 e. The quantitative estimate of drug-likeness (QED) is 0.0194. The average Bonchev–Trinajstić information content (AvgIpc) is 0.769. The Hall–Kier alpha value is -1.44. The number of halogens is 12. The average molecular weight is 3100 g/mol. The van der Waals surface area contributed by atoms with Crippen LogP contribution in [0.2, 0.25) is 0 Å². The van der Waals surface area contributed by atoms with Crippen molar-refractivity contribution in [2.75, 3.05) is 151 Å². The highest BCUT2D eigenvalue weighted by atomic mass is 127. The maximum absolute atomic E-state index is 13.6. The highest BCUT2D eigenvalue weighted by molar-refractivity contribution is 14.1. The van der Waals surface area contributed by atoms with Crippen LogP contribution in [-0.4, -0.2) is 355 Å². The maximum atomic E-state index is 13.6. The normalized spacial score (nSPS) is 13.6. The lowest BCUT2D eigenvalue weighted by Crippen LogP contribution is -2.45. The summed E-state index contributed by atoms with van der Waals surface area (Å²) < 4.78 is 1.35. The van der Waals surface area contributed by atoms with Crippen molar-refractivity contribution in [2.45, 2.75) is 88.7 Å². The van der Waals surface area contributed by atoms with Crippen LogP contribution in [0.5, 0.6) is 0 Å². The Morgan fingerprint density at radius 1 is 0.210 bits per heavy atom. The fourth-order valence-corrected chi connectivity index (χ4v) is 29.4. The minimum absolute atomic E-state index is 0.0141. The zero-order valence-electron chi connectivity index (χ0n) is 65.2. The van der Waals surface area contributed by atoms with E-state index in [-0.39, 0.29) is 162 Å². The highest BCUT2D eigenvalue weighted by Crippen LogP contribution is 2.44. The van der Waals surface area contributed by atoms with E-state index in [1.165, 1.54) is 0 Å². The lowest BCUT2D eigenvalue weighted by molar-refractivity contribution is -0.118. The van der Waals surface area contributed by atoms with E-state index in [2.05, 4.69) is 42.5 Å². The van der Waals surface area contributed by atoms with E-state index in [0.717, 1.165) is 47.3 Å². The smallest absolute Gasteiger partial charge is 0.253 e. The van der Waals surface area contributed by atoms with Gasteiger partial charge in [-0.25, -0.2) is 0 Å². The third-order valence-corrected chi connectivity index (χ3v) is 29.6. The minimum atomic E-state index is -1.62. The number of rotatable bonds is 44. The van der Waals surface area contributed by atoms with Crippen LogP contribution >= 0.6 is 271 Å². The van der Waals surface area contributed by atoms with Gasteiger partial charge < -0.3 is 154 Å². The third-order valence-electron chi connectivity index (χ3n) is 16.8. The van der Waals surface area contributed by atoms with Crippen molar-refractivity contribution in [1.82, 2.24) is 42.5 Å². The van der Waals surface area contributed by atoms with E-state index in [1.807, 2.05) is 0 Å². The Morgan fingerprint density at radius 3 is 0.403 bits per heavy atom. The van der Waals surface area contributed by atoms with Gasteiger partial charge in [0.1, 0.15) is 0 Å². The van der Waals surface area contributed by atoms with Crippen LogP contribution in [0.25, 0.3) is 0 Å². The van der Waals surface area contributed by atoms with Crippen LogP contribution in [0.15, 0.2) is 0 Å². The van der Waals surface area contributed by atoms with Crippen molar-refractivity contribution in [3.05, 3.63) is 87.3 Å². The first kappa shape index (κ1) is 117. The third kappa shape index (κ3) is 32.4.